The van der Waals surface area contributed by atoms with Gasteiger partial charge in [-0.25, -0.2) is 4.79 Å². The van der Waals surface area contributed by atoms with Gasteiger partial charge in [-0.1, -0.05) is 44.2 Å². The fourth-order valence-electron chi connectivity index (χ4n) is 3.67. The second-order valence-electron chi connectivity index (χ2n) is 8.67. The van der Waals surface area contributed by atoms with Crippen LogP contribution in [0.15, 0.2) is 30.3 Å². The lowest BCUT2D eigenvalue weighted by atomic mass is 10.0. The quantitative estimate of drug-likeness (QED) is 0.242. The molecular formula is C23H34N4O5S. The number of rotatable bonds is 12. The van der Waals surface area contributed by atoms with Crippen molar-refractivity contribution < 1.29 is 24.3 Å². The molecule has 1 aliphatic rings. The highest BCUT2D eigenvalue weighted by molar-refractivity contribution is 7.80. The van der Waals surface area contributed by atoms with E-state index >= 15 is 0 Å². The van der Waals surface area contributed by atoms with Crippen molar-refractivity contribution in [2.45, 2.75) is 63.7 Å². The Labute approximate surface area is 199 Å². The second kappa shape index (κ2) is 13.2. The lowest BCUT2D eigenvalue weighted by Crippen LogP contribution is -2.58. The highest BCUT2D eigenvalue weighted by Crippen LogP contribution is 2.10. The van der Waals surface area contributed by atoms with Gasteiger partial charge >= 0.3 is 5.97 Å². The van der Waals surface area contributed by atoms with Gasteiger partial charge in [0, 0.05) is 12.2 Å². The first-order chi connectivity index (χ1) is 15.7. The summed E-state index contributed by atoms with van der Waals surface area (Å²) in [4.78, 5) is 49.9. The Morgan fingerprint density at radius 1 is 1.03 bits per heavy atom. The molecule has 1 heterocycles. The first kappa shape index (κ1) is 26.7. The van der Waals surface area contributed by atoms with E-state index in [1.54, 1.807) is 24.3 Å². The van der Waals surface area contributed by atoms with Crippen LogP contribution in [0.4, 0.5) is 0 Å². The smallest absolute Gasteiger partial charge is 0.326 e. The summed E-state index contributed by atoms with van der Waals surface area (Å²) in [7, 11) is 0. The van der Waals surface area contributed by atoms with Gasteiger partial charge in [0.05, 0.1) is 6.04 Å². The van der Waals surface area contributed by atoms with Crippen LogP contribution in [0.25, 0.3) is 0 Å². The Morgan fingerprint density at radius 3 is 2.21 bits per heavy atom. The van der Waals surface area contributed by atoms with E-state index in [1.165, 1.54) is 0 Å². The Balaban J connectivity index is 2.01. The minimum atomic E-state index is -1.18. The van der Waals surface area contributed by atoms with Crippen molar-refractivity contribution in [1.82, 2.24) is 21.3 Å². The zero-order valence-electron chi connectivity index (χ0n) is 19.0. The number of carbonyl (C=O) groups excluding carboxylic acids is 3. The van der Waals surface area contributed by atoms with Gasteiger partial charge in [-0.15, -0.1) is 0 Å². The molecule has 0 spiro atoms. The predicted octanol–water partition coefficient (Wildman–Crippen LogP) is 0.496. The molecule has 0 saturated carbocycles. The topological polar surface area (TPSA) is 137 Å². The van der Waals surface area contributed by atoms with Crippen LogP contribution in [0.2, 0.25) is 0 Å². The molecule has 1 aromatic rings. The number of benzene rings is 1. The summed E-state index contributed by atoms with van der Waals surface area (Å²) in [6.45, 7) is 4.63. The summed E-state index contributed by atoms with van der Waals surface area (Å²) < 4.78 is 0. The predicted molar refractivity (Wildman–Crippen MR) is 128 cm³/mol. The maximum Gasteiger partial charge on any atom is 0.326 e. The summed E-state index contributed by atoms with van der Waals surface area (Å²) >= 11 is 4.16. The average molecular weight is 479 g/mol. The molecule has 10 heteroatoms. The number of aliphatic carboxylic acids is 1. The fraction of sp³-hybridized carbons (Fsp3) is 0.565. The first-order valence-electron chi connectivity index (χ1n) is 11.2. The Morgan fingerprint density at radius 2 is 1.67 bits per heavy atom. The van der Waals surface area contributed by atoms with E-state index in [-0.39, 0.29) is 30.0 Å². The van der Waals surface area contributed by atoms with Crippen LogP contribution < -0.4 is 21.3 Å². The molecular weight excluding hydrogens is 444 g/mol. The molecule has 4 atom stereocenters. The number of carboxylic acid groups (broad SMARTS) is 1. The van der Waals surface area contributed by atoms with Crippen molar-refractivity contribution in [2.75, 3.05) is 12.3 Å². The summed E-state index contributed by atoms with van der Waals surface area (Å²) in [5, 5.41) is 20.5. The lowest BCUT2D eigenvalue weighted by Gasteiger charge is -2.25. The number of nitrogens with one attached hydrogen (secondary N) is 4. The van der Waals surface area contributed by atoms with E-state index in [4.69, 9.17) is 0 Å². The molecule has 182 valence electrons. The number of amides is 3. The number of carbonyl (C=O) groups is 4. The molecule has 9 nitrogen and oxygen atoms in total. The van der Waals surface area contributed by atoms with Crippen LogP contribution >= 0.6 is 12.6 Å². The molecule has 3 amide bonds. The van der Waals surface area contributed by atoms with Gasteiger partial charge < -0.3 is 26.4 Å². The number of hydrogen-bond acceptors (Lipinski definition) is 6. The highest BCUT2D eigenvalue weighted by Gasteiger charge is 2.31. The molecule has 0 aliphatic carbocycles. The van der Waals surface area contributed by atoms with E-state index in [0.717, 1.165) is 18.5 Å². The SMILES string of the molecule is CC(C)CC(NC(=O)C1CCCN1)C(=O)NC(CS)C(=O)NC(Cc1ccccc1)C(=O)O. The third-order valence-corrected chi connectivity index (χ3v) is 5.79. The van der Waals surface area contributed by atoms with Gasteiger partial charge in [0.15, 0.2) is 0 Å². The molecule has 0 aromatic heterocycles. The third kappa shape index (κ3) is 8.70. The van der Waals surface area contributed by atoms with Crippen LogP contribution in [0.5, 0.6) is 0 Å². The van der Waals surface area contributed by atoms with E-state index in [0.29, 0.717) is 12.8 Å². The molecule has 5 N–H and O–H groups in total. The second-order valence-corrected chi connectivity index (χ2v) is 9.04. The fourth-order valence-corrected chi connectivity index (χ4v) is 3.93. The first-order valence-corrected chi connectivity index (χ1v) is 11.9. The Bertz CT molecular complexity index is 814. The summed E-state index contributed by atoms with van der Waals surface area (Å²) in [6, 6.07) is 5.61. The van der Waals surface area contributed by atoms with Crippen molar-refractivity contribution >= 4 is 36.3 Å². The molecule has 1 saturated heterocycles. The Kier molecular flexibility index (Phi) is 10.7. The van der Waals surface area contributed by atoms with Crippen molar-refractivity contribution in [3.8, 4) is 0 Å². The average Bonchev–Trinajstić information content (AvgIpc) is 3.31. The summed E-state index contributed by atoms with van der Waals surface area (Å²) in [5.41, 5.74) is 0.761. The third-order valence-electron chi connectivity index (χ3n) is 5.43. The molecule has 1 aromatic carbocycles. The Hall–Kier alpha value is -2.59. The highest BCUT2D eigenvalue weighted by atomic mass is 32.1. The van der Waals surface area contributed by atoms with Crippen molar-refractivity contribution in [1.29, 1.82) is 0 Å². The van der Waals surface area contributed by atoms with Gasteiger partial charge in [0.25, 0.3) is 0 Å². The number of carboxylic acids is 1. The molecule has 0 bridgehead atoms. The lowest BCUT2D eigenvalue weighted by molar-refractivity contribution is -0.142. The molecule has 4 unspecified atom stereocenters. The van der Waals surface area contributed by atoms with Gasteiger partial charge in [-0.05, 0) is 37.3 Å². The van der Waals surface area contributed by atoms with E-state index in [9.17, 15) is 24.3 Å². The number of thiol groups is 1. The maximum absolute atomic E-state index is 12.9. The van der Waals surface area contributed by atoms with Gasteiger partial charge in [0.2, 0.25) is 17.7 Å². The van der Waals surface area contributed by atoms with Crippen LogP contribution in [0.1, 0.15) is 38.7 Å². The summed E-state index contributed by atoms with van der Waals surface area (Å²) in [5.74, 6) is -2.46. The zero-order chi connectivity index (χ0) is 24.4. The van der Waals surface area contributed by atoms with Crippen LogP contribution in [-0.4, -0.2) is 65.3 Å². The molecule has 33 heavy (non-hydrogen) atoms. The standard InChI is InChI=1S/C23H34N4O5S/c1-14(2)11-17(25-20(28)16-9-6-10-24-16)21(29)27-19(13-33)22(30)26-18(23(31)32)12-15-7-4-3-5-8-15/h3-5,7-8,14,16-19,24,33H,6,9-13H2,1-2H3,(H,25,28)(H,26,30)(H,27,29)(H,31,32). The van der Waals surface area contributed by atoms with E-state index in [2.05, 4.69) is 33.9 Å². The minimum absolute atomic E-state index is 0.0260. The molecule has 2 rings (SSSR count). The van der Waals surface area contributed by atoms with E-state index in [1.807, 2.05) is 19.9 Å². The minimum Gasteiger partial charge on any atom is -0.480 e. The largest absolute Gasteiger partial charge is 0.480 e. The number of hydrogen-bond donors (Lipinski definition) is 6. The van der Waals surface area contributed by atoms with Crippen LogP contribution in [-0.2, 0) is 25.6 Å². The van der Waals surface area contributed by atoms with Gasteiger partial charge in [0.1, 0.15) is 18.1 Å². The van der Waals surface area contributed by atoms with Gasteiger partial charge in [-0.2, -0.15) is 12.6 Å². The van der Waals surface area contributed by atoms with Gasteiger partial charge in [-0.3, -0.25) is 14.4 Å². The monoisotopic (exact) mass is 478 g/mol. The maximum atomic E-state index is 12.9. The summed E-state index contributed by atoms with van der Waals surface area (Å²) in [6.07, 6.45) is 2.11. The van der Waals surface area contributed by atoms with Crippen molar-refractivity contribution in [3.05, 3.63) is 35.9 Å². The molecule has 1 fully saturated rings. The van der Waals surface area contributed by atoms with Crippen molar-refractivity contribution in [2.24, 2.45) is 5.92 Å². The van der Waals surface area contributed by atoms with Crippen molar-refractivity contribution in [3.63, 3.8) is 0 Å². The van der Waals surface area contributed by atoms with Crippen LogP contribution in [0, 0.1) is 5.92 Å². The normalized spacial score (nSPS) is 18.2. The van der Waals surface area contributed by atoms with E-state index < -0.39 is 35.9 Å². The molecule has 1 aliphatic heterocycles. The molecule has 0 radical (unpaired) electrons. The zero-order valence-corrected chi connectivity index (χ0v) is 19.9. The van der Waals surface area contributed by atoms with Crippen LogP contribution in [0.3, 0.4) is 0 Å².